The van der Waals surface area contributed by atoms with Gasteiger partial charge >= 0.3 is 0 Å². The second-order valence-electron chi connectivity index (χ2n) is 5.30. The van der Waals surface area contributed by atoms with E-state index in [1.807, 2.05) is 26.0 Å². The SMILES string of the molecule is CC(C)CNCc1ccnc(OCCOC(C)C)c1. The lowest BCUT2D eigenvalue weighted by Gasteiger charge is -2.10. The molecule has 1 aromatic heterocycles. The number of pyridine rings is 1. The Morgan fingerprint density at radius 2 is 2.00 bits per heavy atom. The predicted molar refractivity (Wildman–Crippen MR) is 77.4 cm³/mol. The van der Waals surface area contributed by atoms with Crippen molar-refractivity contribution < 1.29 is 9.47 Å². The highest BCUT2D eigenvalue weighted by Crippen LogP contribution is 2.09. The molecule has 0 saturated heterocycles. The first-order chi connectivity index (χ1) is 9.08. The quantitative estimate of drug-likeness (QED) is 0.698. The van der Waals surface area contributed by atoms with Gasteiger partial charge in [0.2, 0.25) is 5.88 Å². The molecule has 0 radical (unpaired) electrons. The van der Waals surface area contributed by atoms with E-state index < -0.39 is 0 Å². The van der Waals surface area contributed by atoms with Crippen LogP contribution in [-0.4, -0.2) is 30.8 Å². The van der Waals surface area contributed by atoms with Gasteiger partial charge in [-0.3, -0.25) is 0 Å². The summed E-state index contributed by atoms with van der Waals surface area (Å²) in [6, 6.07) is 3.98. The maximum atomic E-state index is 5.56. The minimum atomic E-state index is 0.239. The minimum absolute atomic E-state index is 0.239. The van der Waals surface area contributed by atoms with Crippen molar-refractivity contribution >= 4 is 0 Å². The topological polar surface area (TPSA) is 43.4 Å². The van der Waals surface area contributed by atoms with E-state index >= 15 is 0 Å². The third-order valence-corrected chi connectivity index (χ3v) is 2.47. The maximum Gasteiger partial charge on any atom is 0.213 e. The first-order valence-corrected chi connectivity index (χ1v) is 6.98. The van der Waals surface area contributed by atoms with E-state index in [-0.39, 0.29) is 6.10 Å². The molecule has 1 N–H and O–H groups in total. The highest BCUT2D eigenvalue weighted by atomic mass is 16.5. The largest absolute Gasteiger partial charge is 0.475 e. The van der Waals surface area contributed by atoms with Crippen molar-refractivity contribution in [1.82, 2.24) is 10.3 Å². The molecule has 4 heteroatoms. The number of rotatable bonds is 9. The molecule has 0 aromatic carbocycles. The Hall–Kier alpha value is -1.13. The van der Waals surface area contributed by atoms with Crippen LogP contribution in [0.2, 0.25) is 0 Å². The van der Waals surface area contributed by atoms with E-state index in [4.69, 9.17) is 9.47 Å². The van der Waals surface area contributed by atoms with E-state index in [1.165, 1.54) is 5.56 Å². The Labute approximate surface area is 116 Å². The Morgan fingerprint density at radius 3 is 2.68 bits per heavy atom. The summed E-state index contributed by atoms with van der Waals surface area (Å²) in [7, 11) is 0. The summed E-state index contributed by atoms with van der Waals surface area (Å²) in [4.78, 5) is 4.19. The lowest BCUT2D eigenvalue weighted by Crippen LogP contribution is -2.19. The van der Waals surface area contributed by atoms with Crippen molar-refractivity contribution in [1.29, 1.82) is 0 Å². The normalized spacial score (nSPS) is 11.3. The van der Waals surface area contributed by atoms with E-state index in [9.17, 15) is 0 Å². The van der Waals surface area contributed by atoms with Crippen LogP contribution in [0.15, 0.2) is 18.3 Å². The lowest BCUT2D eigenvalue weighted by atomic mass is 10.2. The molecular weight excluding hydrogens is 240 g/mol. The van der Waals surface area contributed by atoms with Crippen LogP contribution in [0.25, 0.3) is 0 Å². The van der Waals surface area contributed by atoms with Crippen LogP contribution in [0.1, 0.15) is 33.3 Å². The van der Waals surface area contributed by atoms with Crippen LogP contribution in [0.5, 0.6) is 5.88 Å². The van der Waals surface area contributed by atoms with Crippen LogP contribution in [0.4, 0.5) is 0 Å². The molecule has 0 aliphatic rings. The van der Waals surface area contributed by atoms with Gasteiger partial charge in [-0.1, -0.05) is 13.8 Å². The fraction of sp³-hybridized carbons (Fsp3) is 0.667. The van der Waals surface area contributed by atoms with E-state index in [2.05, 4.69) is 24.1 Å². The molecule has 0 saturated carbocycles. The summed E-state index contributed by atoms with van der Waals surface area (Å²) in [5.74, 6) is 1.32. The summed E-state index contributed by atoms with van der Waals surface area (Å²) in [5.41, 5.74) is 1.19. The molecular formula is C15H26N2O2. The first-order valence-electron chi connectivity index (χ1n) is 6.98. The summed E-state index contributed by atoms with van der Waals surface area (Å²) < 4.78 is 11.0. The van der Waals surface area contributed by atoms with Crippen LogP contribution < -0.4 is 10.1 Å². The third kappa shape index (κ3) is 7.80. The van der Waals surface area contributed by atoms with Crippen LogP contribution in [0.3, 0.4) is 0 Å². The molecule has 0 bridgehead atoms. The first kappa shape index (κ1) is 15.9. The maximum absolute atomic E-state index is 5.56. The van der Waals surface area contributed by atoms with Gasteiger partial charge in [0, 0.05) is 18.8 Å². The molecule has 0 aliphatic carbocycles. The lowest BCUT2D eigenvalue weighted by molar-refractivity contribution is 0.0542. The zero-order valence-corrected chi connectivity index (χ0v) is 12.5. The number of hydrogen-bond donors (Lipinski definition) is 1. The van der Waals surface area contributed by atoms with E-state index in [0.717, 1.165) is 13.1 Å². The van der Waals surface area contributed by atoms with E-state index in [1.54, 1.807) is 6.20 Å². The zero-order chi connectivity index (χ0) is 14.1. The second kappa shape index (κ2) is 8.88. The van der Waals surface area contributed by atoms with Crippen molar-refractivity contribution in [3.8, 4) is 5.88 Å². The molecule has 0 fully saturated rings. The number of nitrogens with one attached hydrogen (secondary N) is 1. The molecule has 108 valence electrons. The highest BCUT2D eigenvalue weighted by Gasteiger charge is 2.00. The Balaban J connectivity index is 2.31. The van der Waals surface area contributed by atoms with Crippen LogP contribution in [0, 0.1) is 5.92 Å². The summed E-state index contributed by atoms with van der Waals surface area (Å²) in [5, 5.41) is 3.40. The van der Waals surface area contributed by atoms with Gasteiger partial charge in [-0.05, 0) is 37.9 Å². The molecule has 1 heterocycles. The van der Waals surface area contributed by atoms with Crippen LogP contribution >= 0.6 is 0 Å². The fourth-order valence-electron chi connectivity index (χ4n) is 1.57. The molecule has 4 nitrogen and oxygen atoms in total. The average molecular weight is 266 g/mol. The van der Waals surface area contributed by atoms with Gasteiger partial charge in [0.25, 0.3) is 0 Å². The molecule has 1 rings (SSSR count). The monoisotopic (exact) mass is 266 g/mol. The molecule has 0 atom stereocenters. The van der Waals surface area contributed by atoms with E-state index in [0.29, 0.717) is 25.0 Å². The zero-order valence-electron chi connectivity index (χ0n) is 12.5. The molecule has 0 spiro atoms. The van der Waals surface area contributed by atoms with Gasteiger partial charge in [-0.2, -0.15) is 0 Å². The van der Waals surface area contributed by atoms with Gasteiger partial charge in [0.15, 0.2) is 0 Å². The second-order valence-corrected chi connectivity index (χ2v) is 5.30. The summed E-state index contributed by atoms with van der Waals surface area (Å²) >= 11 is 0. The van der Waals surface area contributed by atoms with Gasteiger partial charge in [0.1, 0.15) is 6.61 Å². The van der Waals surface area contributed by atoms with Gasteiger partial charge in [0.05, 0.1) is 12.7 Å². The van der Waals surface area contributed by atoms with Crippen LogP contribution in [-0.2, 0) is 11.3 Å². The summed E-state index contributed by atoms with van der Waals surface area (Å²) in [6.45, 7) is 11.4. The smallest absolute Gasteiger partial charge is 0.213 e. The summed E-state index contributed by atoms with van der Waals surface area (Å²) in [6.07, 6.45) is 2.02. The Kier molecular flexibility index (Phi) is 7.45. The van der Waals surface area contributed by atoms with Crippen molar-refractivity contribution in [3.05, 3.63) is 23.9 Å². The fourth-order valence-corrected chi connectivity index (χ4v) is 1.57. The third-order valence-electron chi connectivity index (χ3n) is 2.47. The standard InChI is InChI=1S/C15H26N2O2/c1-12(2)10-16-11-14-5-6-17-15(9-14)19-8-7-18-13(3)4/h5-6,9,12-13,16H,7-8,10-11H2,1-4H3. The highest BCUT2D eigenvalue weighted by molar-refractivity contribution is 5.20. The Bertz CT molecular complexity index is 354. The minimum Gasteiger partial charge on any atom is -0.475 e. The molecule has 0 aliphatic heterocycles. The van der Waals surface area contributed by atoms with Crippen molar-refractivity contribution in [3.63, 3.8) is 0 Å². The number of hydrogen-bond acceptors (Lipinski definition) is 4. The number of nitrogens with zero attached hydrogens (tertiary/aromatic N) is 1. The molecule has 0 amide bonds. The molecule has 19 heavy (non-hydrogen) atoms. The van der Waals surface area contributed by atoms with Gasteiger partial charge in [-0.25, -0.2) is 4.98 Å². The molecule has 1 aromatic rings. The number of ether oxygens (including phenoxy) is 2. The van der Waals surface area contributed by atoms with Gasteiger partial charge < -0.3 is 14.8 Å². The van der Waals surface area contributed by atoms with Gasteiger partial charge in [-0.15, -0.1) is 0 Å². The predicted octanol–water partition coefficient (Wildman–Crippen LogP) is 2.63. The molecule has 0 unspecified atom stereocenters. The van der Waals surface area contributed by atoms with Crippen molar-refractivity contribution in [2.24, 2.45) is 5.92 Å². The number of aromatic nitrogens is 1. The van der Waals surface area contributed by atoms with Crippen molar-refractivity contribution in [2.75, 3.05) is 19.8 Å². The van der Waals surface area contributed by atoms with Crippen molar-refractivity contribution in [2.45, 2.75) is 40.3 Å². The Morgan fingerprint density at radius 1 is 1.21 bits per heavy atom. The average Bonchev–Trinajstić information content (AvgIpc) is 2.34.